The smallest absolute Gasteiger partial charge is 0.243 e. The highest BCUT2D eigenvalue weighted by molar-refractivity contribution is 7.89. The molecule has 1 aromatic rings. The first-order valence-electron chi connectivity index (χ1n) is 5.99. The number of benzene rings is 1. The van der Waals surface area contributed by atoms with Gasteiger partial charge >= 0.3 is 0 Å². The van der Waals surface area contributed by atoms with Crippen molar-refractivity contribution < 1.29 is 12.8 Å². The van der Waals surface area contributed by atoms with Gasteiger partial charge in [0.05, 0.1) is 0 Å². The number of sulfonamides is 1. The summed E-state index contributed by atoms with van der Waals surface area (Å²) < 4.78 is 39.7. The monoisotopic (exact) mass is 289 g/mol. The summed E-state index contributed by atoms with van der Waals surface area (Å²) in [7, 11) is -1.94. The van der Waals surface area contributed by atoms with E-state index in [1.807, 2.05) is 25.8 Å². The van der Waals surface area contributed by atoms with Gasteiger partial charge in [0, 0.05) is 24.8 Å². The molecular formula is C12H20FN3O2S. The second kappa shape index (κ2) is 6.31. The van der Waals surface area contributed by atoms with E-state index in [4.69, 9.17) is 5.73 Å². The first-order valence-corrected chi connectivity index (χ1v) is 7.47. The molecule has 0 aliphatic carbocycles. The molecule has 0 heterocycles. The number of hydrogen-bond acceptors (Lipinski definition) is 4. The van der Waals surface area contributed by atoms with E-state index < -0.39 is 15.8 Å². The third-order valence-corrected chi connectivity index (χ3v) is 4.38. The lowest BCUT2D eigenvalue weighted by atomic mass is 10.3. The summed E-state index contributed by atoms with van der Waals surface area (Å²) >= 11 is 0. The average Bonchev–Trinajstić information content (AvgIpc) is 2.27. The number of nitrogen functional groups attached to an aromatic ring is 1. The number of halogens is 1. The Morgan fingerprint density at radius 1 is 1.42 bits per heavy atom. The Hall–Kier alpha value is -1.18. The van der Waals surface area contributed by atoms with Gasteiger partial charge in [-0.1, -0.05) is 0 Å². The van der Waals surface area contributed by atoms with Gasteiger partial charge in [-0.15, -0.1) is 0 Å². The van der Waals surface area contributed by atoms with Gasteiger partial charge in [0.2, 0.25) is 10.0 Å². The Kier molecular flexibility index (Phi) is 5.28. The summed E-state index contributed by atoms with van der Waals surface area (Å²) in [5.74, 6) is -0.843. The Balaban J connectivity index is 2.71. The Labute approximate surface area is 113 Å². The molecule has 3 N–H and O–H groups in total. The summed E-state index contributed by atoms with van der Waals surface area (Å²) in [6.45, 7) is 4.79. The van der Waals surface area contributed by atoms with Crippen molar-refractivity contribution in [2.24, 2.45) is 0 Å². The molecule has 0 aliphatic heterocycles. The van der Waals surface area contributed by atoms with E-state index in [2.05, 4.69) is 4.72 Å². The molecule has 0 spiro atoms. The number of hydrogen-bond donors (Lipinski definition) is 2. The highest BCUT2D eigenvalue weighted by atomic mass is 32.2. The lowest BCUT2D eigenvalue weighted by Gasteiger charge is -2.20. The number of rotatable bonds is 6. The number of nitrogens with two attached hydrogens (primary N) is 1. The summed E-state index contributed by atoms with van der Waals surface area (Å²) in [5.41, 5.74) is 5.57. The minimum atomic E-state index is -3.84. The maximum Gasteiger partial charge on any atom is 0.243 e. The largest absolute Gasteiger partial charge is 0.399 e. The lowest BCUT2D eigenvalue weighted by Crippen LogP contribution is -2.36. The van der Waals surface area contributed by atoms with Crippen molar-refractivity contribution in [2.75, 3.05) is 25.9 Å². The topological polar surface area (TPSA) is 75.4 Å². The molecule has 5 nitrogen and oxygen atoms in total. The number of likely N-dealkylation sites (N-methyl/N-ethyl adjacent to an activating group) is 1. The molecule has 0 aliphatic rings. The van der Waals surface area contributed by atoms with Crippen LogP contribution in [0.5, 0.6) is 0 Å². The molecule has 0 saturated heterocycles. The average molecular weight is 289 g/mol. The molecular weight excluding hydrogens is 269 g/mol. The van der Waals surface area contributed by atoms with E-state index in [-0.39, 0.29) is 17.1 Å². The predicted octanol–water partition coefficient (Wildman–Crippen LogP) is 1.03. The van der Waals surface area contributed by atoms with Crippen molar-refractivity contribution in [1.29, 1.82) is 0 Å². The zero-order valence-electron chi connectivity index (χ0n) is 11.4. The standard InChI is InChI=1S/C12H20FN3O2S/c1-9(2)16(3)7-6-15-19(17,18)12-5-4-10(14)8-11(12)13/h4-5,8-9,15H,6-7,14H2,1-3H3. The highest BCUT2D eigenvalue weighted by Crippen LogP contribution is 2.16. The van der Waals surface area contributed by atoms with Crippen LogP contribution in [0.4, 0.5) is 10.1 Å². The molecule has 0 aromatic heterocycles. The van der Waals surface area contributed by atoms with Crippen LogP contribution in [0.2, 0.25) is 0 Å². The molecule has 0 saturated carbocycles. The zero-order valence-corrected chi connectivity index (χ0v) is 12.2. The van der Waals surface area contributed by atoms with Crippen LogP contribution < -0.4 is 10.5 Å². The van der Waals surface area contributed by atoms with Gasteiger partial charge in [-0.3, -0.25) is 0 Å². The lowest BCUT2D eigenvalue weighted by molar-refractivity contribution is 0.278. The Morgan fingerprint density at radius 2 is 2.05 bits per heavy atom. The second-order valence-corrected chi connectivity index (χ2v) is 6.40. The summed E-state index contributed by atoms with van der Waals surface area (Å²) in [6, 6.07) is 3.84. The van der Waals surface area contributed by atoms with Crippen LogP contribution in [0, 0.1) is 5.82 Å². The van der Waals surface area contributed by atoms with Crippen LogP contribution in [0.3, 0.4) is 0 Å². The summed E-state index contributed by atoms with van der Waals surface area (Å²) in [5, 5.41) is 0. The van der Waals surface area contributed by atoms with Crippen LogP contribution >= 0.6 is 0 Å². The normalized spacial score (nSPS) is 12.3. The van der Waals surface area contributed by atoms with Gasteiger partial charge in [-0.25, -0.2) is 17.5 Å². The van der Waals surface area contributed by atoms with Gasteiger partial charge < -0.3 is 10.6 Å². The number of nitrogens with zero attached hydrogens (tertiary/aromatic N) is 1. The van der Waals surface area contributed by atoms with Gasteiger partial charge in [0.25, 0.3) is 0 Å². The Bertz CT molecular complexity index is 532. The molecule has 0 atom stereocenters. The molecule has 108 valence electrons. The fourth-order valence-corrected chi connectivity index (χ4v) is 2.51. The molecule has 1 aromatic carbocycles. The first kappa shape index (κ1) is 15.9. The Morgan fingerprint density at radius 3 is 2.58 bits per heavy atom. The molecule has 0 bridgehead atoms. The van der Waals surface area contributed by atoms with Crippen LogP contribution in [-0.2, 0) is 10.0 Å². The molecule has 0 amide bonds. The van der Waals surface area contributed by atoms with Crippen molar-refractivity contribution in [1.82, 2.24) is 9.62 Å². The molecule has 0 fully saturated rings. The number of anilines is 1. The van der Waals surface area contributed by atoms with Crippen molar-refractivity contribution >= 4 is 15.7 Å². The van der Waals surface area contributed by atoms with Gasteiger partial charge in [0.1, 0.15) is 10.7 Å². The van der Waals surface area contributed by atoms with Crippen molar-refractivity contribution in [3.8, 4) is 0 Å². The summed E-state index contributed by atoms with van der Waals surface area (Å²) in [4.78, 5) is 1.61. The molecule has 1 rings (SSSR count). The van der Waals surface area contributed by atoms with Gasteiger partial charge in [-0.2, -0.15) is 0 Å². The van der Waals surface area contributed by atoms with E-state index >= 15 is 0 Å². The maximum absolute atomic E-state index is 13.6. The van der Waals surface area contributed by atoms with Crippen LogP contribution in [0.15, 0.2) is 23.1 Å². The summed E-state index contributed by atoms with van der Waals surface area (Å²) in [6.07, 6.45) is 0. The van der Waals surface area contributed by atoms with Crippen LogP contribution in [0.1, 0.15) is 13.8 Å². The maximum atomic E-state index is 13.6. The molecule has 0 unspecified atom stereocenters. The molecule has 19 heavy (non-hydrogen) atoms. The fourth-order valence-electron chi connectivity index (χ4n) is 1.43. The number of nitrogens with one attached hydrogen (secondary N) is 1. The predicted molar refractivity (Wildman–Crippen MR) is 73.8 cm³/mol. The van der Waals surface area contributed by atoms with E-state index in [1.54, 1.807) is 0 Å². The molecule has 7 heteroatoms. The van der Waals surface area contributed by atoms with Crippen molar-refractivity contribution in [3.05, 3.63) is 24.0 Å². The fraction of sp³-hybridized carbons (Fsp3) is 0.500. The zero-order chi connectivity index (χ0) is 14.6. The minimum absolute atomic E-state index is 0.191. The third kappa shape index (κ3) is 4.45. The van der Waals surface area contributed by atoms with E-state index in [1.165, 1.54) is 12.1 Å². The van der Waals surface area contributed by atoms with Crippen molar-refractivity contribution in [3.63, 3.8) is 0 Å². The van der Waals surface area contributed by atoms with Crippen LogP contribution in [0.25, 0.3) is 0 Å². The third-order valence-electron chi connectivity index (χ3n) is 2.88. The minimum Gasteiger partial charge on any atom is -0.399 e. The van der Waals surface area contributed by atoms with E-state index in [0.29, 0.717) is 12.6 Å². The van der Waals surface area contributed by atoms with Gasteiger partial charge in [-0.05, 0) is 39.1 Å². The first-order chi connectivity index (χ1) is 8.74. The van der Waals surface area contributed by atoms with Crippen molar-refractivity contribution in [2.45, 2.75) is 24.8 Å². The van der Waals surface area contributed by atoms with Crippen LogP contribution in [-0.4, -0.2) is 39.5 Å². The highest BCUT2D eigenvalue weighted by Gasteiger charge is 2.18. The SMILES string of the molecule is CC(C)N(C)CCNS(=O)(=O)c1ccc(N)cc1F. The van der Waals surface area contributed by atoms with Gasteiger partial charge in [0.15, 0.2) is 0 Å². The molecule has 0 radical (unpaired) electrons. The quantitative estimate of drug-likeness (QED) is 0.767. The van der Waals surface area contributed by atoms with E-state index in [0.717, 1.165) is 6.07 Å². The van der Waals surface area contributed by atoms with E-state index in [9.17, 15) is 12.8 Å². The second-order valence-electron chi connectivity index (χ2n) is 4.66.